The monoisotopic (exact) mass is 656 g/mol. The number of sulfone groups is 1. The van der Waals surface area contributed by atoms with Gasteiger partial charge in [0.05, 0.1) is 26.7 Å². The van der Waals surface area contributed by atoms with E-state index in [4.69, 9.17) is 23.2 Å². The number of piperazine rings is 1. The third kappa shape index (κ3) is 5.14. The van der Waals surface area contributed by atoms with E-state index < -0.39 is 38.0 Å². The standard InChI is InChI=1S/C31H34Cl2N6O4S/c32-24-14-21(38-13-12-37-11-1-2-22(37)17-38)4-5-26(24)44(42,43)23-15-25(28(40)36-30(19-34)7-8-30)39(18-23)29(41)31(9-10-31)20-3-6-27(33)35-16-20/h3-6,14,16,22-23,25H,1-2,7-13,15,17-18H2,(H,36,40)/t22-,23+,25-/m0/s1. The third-order valence-electron chi connectivity index (χ3n) is 10.2. The number of hydrogen-bond donors (Lipinski definition) is 1. The molecule has 1 aromatic carbocycles. The van der Waals surface area contributed by atoms with Crippen LogP contribution in [0.2, 0.25) is 10.2 Å². The zero-order valence-corrected chi connectivity index (χ0v) is 26.5. The van der Waals surface area contributed by atoms with E-state index in [2.05, 4.69) is 26.2 Å². The molecule has 232 valence electrons. The molecule has 5 fully saturated rings. The first-order valence-electron chi connectivity index (χ1n) is 15.2. The van der Waals surface area contributed by atoms with Crippen molar-refractivity contribution >= 4 is 50.5 Å². The second-order valence-electron chi connectivity index (χ2n) is 12.9. The van der Waals surface area contributed by atoms with Gasteiger partial charge in [0.25, 0.3) is 0 Å². The van der Waals surface area contributed by atoms with Crippen molar-refractivity contribution in [3.8, 4) is 6.07 Å². The summed E-state index contributed by atoms with van der Waals surface area (Å²) in [5.74, 6) is -0.818. The number of aromatic nitrogens is 1. The number of hydrogen-bond acceptors (Lipinski definition) is 8. The molecule has 0 spiro atoms. The first-order chi connectivity index (χ1) is 21.0. The Balaban J connectivity index is 1.15. The summed E-state index contributed by atoms with van der Waals surface area (Å²) in [6.07, 6.45) is 6.00. The van der Waals surface area contributed by atoms with E-state index in [1.807, 2.05) is 6.07 Å². The van der Waals surface area contributed by atoms with Crippen LogP contribution in [0, 0.1) is 11.3 Å². The molecule has 0 radical (unpaired) electrons. The van der Waals surface area contributed by atoms with Crippen molar-refractivity contribution in [2.45, 2.75) is 78.1 Å². The second-order valence-corrected chi connectivity index (χ2v) is 15.9. The molecule has 1 aromatic heterocycles. The fraction of sp³-hybridized carbons (Fsp3) is 0.548. The van der Waals surface area contributed by atoms with Crippen LogP contribution in [0.5, 0.6) is 0 Å². The fourth-order valence-corrected chi connectivity index (χ4v) is 9.56. The average Bonchev–Trinajstić information content (AvgIpc) is 3.88. The molecule has 0 unspecified atom stereocenters. The van der Waals surface area contributed by atoms with E-state index in [1.54, 1.807) is 30.5 Å². The maximum atomic E-state index is 14.1. The Hall–Kier alpha value is -2.91. The highest BCUT2D eigenvalue weighted by atomic mass is 35.5. The van der Waals surface area contributed by atoms with Gasteiger partial charge in [-0.05, 0) is 81.3 Å². The predicted octanol–water partition coefficient (Wildman–Crippen LogP) is 3.32. The maximum Gasteiger partial charge on any atom is 0.244 e. The Kier molecular flexibility index (Phi) is 7.35. The van der Waals surface area contributed by atoms with Gasteiger partial charge in [0.1, 0.15) is 16.7 Å². The lowest BCUT2D eigenvalue weighted by Crippen LogP contribution is -2.51. The van der Waals surface area contributed by atoms with Gasteiger partial charge < -0.3 is 15.1 Å². The molecule has 2 aliphatic carbocycles. The van der Waals surface area contributed by atoms with Crippen molar-refractivity contribution < 1.29 is 18.0 Å². The number of pyridine rings is 1. The maximum absolute atomic E-state index is 14.1. The smallest absolute Gasteiger partial charge is 0.244 e. The van der Waals surface area contributed by atoms with E-state index >= 15 is 0 Å². The Morgan fingerprint density at radius 3 is 2.50 bits per heavy atom. The lowest BCUT2D eigenvalue weighted by Gasteiger charge is -2.39. The zero-order chi connectivity index (χ0) is 30.9. The Labute approximate surface area is 267 Å². The number of anilines is 1. The Morgan fingerprint density at radius 1 is 1.05 bits per heavy atom. The first kappa shape index (κ1) is 29.8. The molecule has 4 heterocycles. The summed E-state index contributed by atoms with van der Waals surface area (Å²) in [5, 5.41) is 11.8. The summed E-state index contributed by atoms with van der Waals surface area (Å²) in [6.45, 7) is 3.69. The fourth-order valence-electron chi connectivity index (χ4n) is 7.21. The molecule has 10 nitrogen and oxygen atoms in total. The number of benzene rings is 1. The van der Waals surface area contributed by atoms with Crippen LogP contribution in [0.15, 0.2) is 41.4 Å². The summed E-state index contributed by atoms with van der Waals surface area (Å²) in [7, 11) is -4.02. The number of amides is 2. The lowest BCUT2D eigenvalue weighted by atomic mass is 9.95. The zero-order valence-electron chi connectivity index (χ0n) is 24.2. The highest BCUT2D eigenvalue weighted by molar-refractivity contribution is 7.92. The molecule has 2 aromatic rings. The molecule has 3 atom stereocenters. The van der Waals surface area contributed by atoms with Crippen LogP contribution in [0.4, 0.5) is 5.69 Å². The van der Waals surface area contributed by atoms with Gasteiger partial charge in [0.2, 0.25) is 11.8 Å². The number of fused-ring (bicyclic) bond motifs is 1. The summed E-state index contributed by atoms with van der Waals surface area (Å²) in [5.41, 5.74) is -0.266. The third-order valence-corrected chi connectivity index (χ3v) is 13.0. The van der Waals surface area contributed by atoms with Crippen LogP contribution < -0.4 is 10.2 Å². The number of nitriles is 1. The first-order valence-corrected chi connectivity index (χ1v) is 17.5. The molecular weight excluding hydrogens is 623 g/mol. The number of carbonyl (C=O) groups excluding carboxylic acids is 2. The highest BCUT2D eigenvalue weighted by Crippen LogP contribution is 2.51. The van der Waals surface area contributed by atoms with Crippen LogP contribution in [-0.4, -0.2) is 90.6 Å². The van der Waals surface area contributed by atoms with Crippen molar-refractivity contribution in [1.29, 1.82) is 5.26 Å². The van der Waals surface area contributed by atoms with Crippen LogP contribution in [0.1, 0.15) is 50.5 Å². The van der Waals surface area contributed by atoms with Gasteiger partial charge in [-0.15, -0.1) is 0 Å². The van der Waals surface area contributed by atoms with Crippen LogP contribution >= 0.6 is 23.2 Å². The normalized spacial score (nSPS) is 27.0. The Bertz CT molecular complexity index is 1650. The minimum atomic E-state index is -4.02. The SMILES string of the molecule is N#CC1(NC(=O)[C@@H]2C[C@@H](S(=O)(=O)c3ccc(N4CCN5CCC[C@H]5C4)cc3Cl)CN2C(=O)C2(c3ccc(Cl)nc3)CC2)CC1. The average molecular weight is 658 g/mol. The molecule has 0 bridgehead atoms. The predicted molar refractivity (Wildman–Crippen MR) is 165 cm³/mol. The second kappa shape index (κ2) is 10.9. The molecular formula is C31H34Cl2N6O4S. The topological polar surface area (TPSA) is 127 Å². The minimum Gasteiger partial charge on any atom is -0.369 e. The van der Waals surface area contributed by atoms with Crippen LogP contribution in [0.3, 0.4) is 0 Å². The Morgan fingerprint density at radius 2 is 1.84 bits per heavy atom. The van der Waals surface area contributed by atoms with Crippen molar-refractivity contribution in [2.75, 3.05) is 37.6 Å². The molecule has 2 saturated carbocycles. The van der Waals surface area contributed by atoms with E-state index in [9.17, 15) is 23.3 Å². The quantitative estimate of drug-likeness (QED) is 0.450. The molecule has 7 rings (SSSR count). The van der Waals surface area contributed by atoms with Gasteiger partial charge in [-0.25, -0.2) is 13.4 Å². The number of likely N-dealkylation sites (tertiary alicyclic amines) is 1. The number of halogens is 2. The summed E-state index contributed by atoms with van der Waals surface area (Å²) in [4.78, 5) is 38.0. The molecule has 2 amide bonds. The number of nitrogens with one attached hydrogen (secondary N) is 1. The largest absolute Gasteiger partial charge is 0.369 e. The molecule has 44 heavy (non-hydrogen) atoms. The highest BCUT2D eigenvalue weighted by Gasteiger charge is 2.58. The van der Waals surface area contributed by atoms with E-state index in [0.717, 1.165) is 38.3 Å². The minimum absolute atomic E-state index is 0.000370. The summed E-state index contributed by atoms with van der Waals surface area (Å²) in [6, 6.07) is 10.1. The van der Waals surface area contributed by atoms with Gasteiger partial charge in [0, 0.05) is 44.1 Å². The van der Waals surface area contributed by atoms with E-state index in [0.29, 0.717) is 42.4 Å². The molecule has 13 heteroatoms. The van der Waals surface area contributed by atoms with Crippen molar-refractivity contribution in [3.63, 3.8) is 0 Å². The van der Waals surface area contributed by atoms with Gasteiger partial charge in [-0.2, -0.15) is 5.26 Å². The molecule has 3 saturated heterocycles. The van der Waals surface area contributed by atoms with Gasteiger partial charge in [-0.3, -0.25) is 14.5 Å². The van der Waals surface area contributed by atoms with Gasteiger partial charge >= 0.3 is 0 Å². The molecule has 1 N–H and O–H groups in total. The van der Waals surface area contributed by atoms with Crippen molar-refractivity contribution in [1.82, 2.24) is 20.1 Å². The summed E-state index contributed by atoms with van der Waals surface area (Å²) >= 11 is 12.7. The van der Waals surface area contributed by atoms with E-state index in [1.165, 1.54) is 11.3 Å². The van der Waals surface area contributed by atoms with Gasteiger partial charge in [0.15, 0.2) is 9.84 Å². The number of rotatable bonds is 7. The van der Waals surface area contributed by atoms with Crippen LogP contribution in [0.25, 0.3) is 0 Å². The van der Waals surface area contributed by atoms with Crippen molar-refractivity contribution in [2.24, 2.45) is 0 Å². The summed E-state index contributed by atoms with van der Waals surface area (Å²) < 4.78 is 28.2. The molecule has 5 aliphatic rings. The van der Waals surface area contributed by atoms with Crippen LogP contribution in [-0.2, 0) is 24.8 Å². The van der Waals surface area contributed by atoms with E-state index in [-0.39, 0.29) is 28.8 Å². The molecule has 3 aliphatic heterocycles. The number of nitrogens with zero attached hydrogens (tertiary/aromatic N) is 5. The lowest BCUT2D eigenvalue weighted by molar-refractivity contribution is -0.140. The van der Waals surface area contributed by atoms with Crippen molar-refractivity contribution in [3.05, 3.63) is 52.3 Å². The van der Waals surface area contributed by atoms with Gasteiger partial charge in [-0.1, -0.05) is 29.3 Å². The number of carbonyl (C=O) groups is 2.